The van der Waals surface area contributed by atoms with E-state index in [0.717, 1.165) is 5.56 Å². The lowest BCUT2D eigenvalue weighted by Crippen LogP contribution is -2.31. The number of rotatable bonds is 1. The van der Waals surface area contributed by atoms with Crippen molar-refractivity contribution in [2.45, 2.75) is 13.8 Å². The monoisotopic (exact) mass is 235 g/mol. The quantitative estimate of drug-likeness (QED) is 0.548. The van der Waals surface area contributed by atoms with Crippen LogP contribution in [0, 0.1) is 25.7 Å². The molecule has 0 aliphatic carbocycles. The molecule has 88 valence electrons. The highest BCUT2D eigenvalue weighted by Gasteiger charge is 2.19. The lowest BCUT2D eigenvalue weighted by molar-refractivity contribution is -0.660. The highest BCUT2D eigenvalue weighted by molar-refractivity contribution is 5.60. The van der Waals surface area contributed by atoms with Gasteiger partial charge in [0.05, 0.1) is 0 Å². The Bertz CT molecular complexity index is 557. The second-order valence-electron chi connectivity index (χ2n) is 4.13. The predicted molar refractivity (Wildman–Crippen MR) is 60.2 cm³/mol. The second kappa shape index (κ2) is 4.20. The average molecular weight is 235 g/mol. The molecule has 0 radical (unpaired) electrons. The Balaban J connectivity index is 2.72. The van der Waals surface area contributed by atoms with Crippen molar-refractivity contribution in [2.24, 2.45) is 7.05 Å². The Morgan fingerprint density at radius 1 is 1.18 bits per heavy atom. The minimum Gasteiger partial charge on any atom is -0.201 e. The molecular formula is C13H13F2N2+. The van der Waals surface area contributed by atoms with Gasteiger partial charge in [-0.05, 0) is 31.0 Å². The average Bonchev–Trinajstić information content (AvgIpc) is 2.21. The number of hydrogen-bond acceptors (Lipinski definition) is 1. The van der Waals surface area contributed by atoms with E-state index >= 15 is 0 Å². The molecule has 4 heteroatoms. The van der Waals surface area contributed by atoms with E-state index in [1.54, 1.807) is 11.5 Å². The third-order valence-electron chi connectivity index (χ3n) is 2.70. The van der Waals surface area contributed by atoms with Gasteiger partial charge in [0.15, 0.2) is 6.20 Å². The van der Waals surface area contributed by atoms with Crippen LogP contribution in [0.5, 0.6) is 0 Å². The maximum atomic E-state index is 13.7. The van der Waals surface area contributed by atoms with Crippen LogP contribution in [-0.4, -0.2) is 4.98 Å². The van der Waals surface area contributed by atoms with E-state index < -0.39 is 11.9 Å². The first-order chi connectivity index (χ1) is 7.99. The standard InChI is InChI=1S/C13H13F2N2/c1-8-4-5-17(3)10(6-8)12-9(2)7-11(14)16-13(12)15/h4-7H,1-3H3/q+1. The normalized spacial score (nSPS) is 10.6. The van der Waals surface area contributed by atoms with E-state index in [9.17, 15) is 8.78 Å². The van der Waals surface area contributed by atoms with Crippen LogP contribution in [0.1, 0.15) is 11.1 Å². The van der Waals surface area contributed by atoms with Crippen molar-refractivity contribution < 1.29 is 13.3 Å². The lowest BCUT2D eigenvalue weighted by atomic mass is 10.1. The molecule has 0 fully saturated rings. The minimum absolute atomic E-state index is 0.345. The highest BCUT2D eigenvalue weighted by Crippen LogP contribution is 2.23. The predicted octanol–water partition coefficient (Wildman–Crippen LogP) is 2.47. The van der Waals surface area contributed by atoms with Gasteiger partial charge < -0.3 is 0 Å². The summed E-state index contributed by atoms with van der Waals surface area (Å²) in [5.74, 6) is -1.57. The van der Waals surface area contributed by atoms with Gasteiger partial charge in [0, 0.05) is 12.1 Å². The van der Waals surface area contributed by atoms with E-state index in [-0.39, 0.29) is 0 Å². The van der Waals surface area contributed by atoms with E-state index in [0.29, 0.717) is 16.8 Å². The first kappa shape index (κ1) is 11.6. The lowest BCUT2D eigenvalue weighted by Gasteiger charge is -2.05. The van der Waals surface area contributed by atoms with Gasteiger partial charge in [0.2, 0.25) is 17.6 Å². The molecule has 2 aromatic rings. The molecule has 17 heavy (non-hydrogen) atoms. The summed E-state index contributed by atoms with van der Waals surface area (Å²) in [6.45, 7) is 3.60. The summed E-state index contributed by atoms with van der Waals surface area (Å²) in [5, 5.41) is 0. The summed E-state index contributed by atoms with van der Waals surface area (Å²) in [7, 11) is 1.82. The molecule has 0 amide bonds. The number of aromatic nitrogens is 2. The Morgan fingerprint density at radius 2 is 1.88 bits per heavy atom. The van der Waals surface area contributed by atoms with Gasteiger partial charge in [-0.1, -0.05) is 0 Å². The fourth-order valence-electron chi connectivity index (χ4n) is 1.83. The molecule has 0 aliphatic rings. The number of pyridine rings is 2. The van der Waals surface area contributed by atoms with Crippen LogP contribution in [0.25, 0.3) is 11.3 Å². The molecule has 0 unspecified atom stereocenters. The zero-order chi connectivity index (χ0) is 12.6. The van der Waals surface area contributed by atoms with Crippen molar-refractivity contribution in [3.05, 3.63) is 47.4 Å². The summed E-state index contributed by atoms with van der Waals surface area (Å²) in [6, 6.07) is 5.01. The topological polar surface area (TPSA) is 16.8 Å². The molecule has 0 saturated carbocycles. The van der Waals surface area contributed by atoms with Crippen LogP contribution < -0.4 is 4.57 Å². The van der Waals surface area contributed by atoms with Gasteiger partial charge in [-0.25, -0.2) is 4.57 Å². The molecule has 0 N–H and O–H groups in total. The van der Waals surface area contributed by atoms with E-state index in [1.807, 2.05) is 32.3 Å². The van der Waals surface area contributed by atoms with Crippen LogP contribution in [0.15, 0.2) is 24.4 Å². The third-order valence-corrected chi connectivity index (χ3v) is 2.70. The molecule has 0 aromatic carbocycles. The molecule has 0 aliphatic heterocycles. The summed E-state index contributed by atoms with van der Waals surface area (Å²) >= 11 is 0. The van der Waals surface area contributed by atoms with Crippen molar-refractivity contribution in [3.8, 4) is 11.3 Å². The molecule has 2 rings (SSSR count). The molecule has 0 bridgehead atoms. The summed E-state index contributed by atoms with van der Waals surface area (Å²) in [5.41, 5.74) is 2.59. The second-order valence-corrected chi connectivity index (χ2v) is 4.13. The maximum absolute atomic E-state index is 13.7. The van der Waals surface area contributed by atoms with Crippen LogP contribution >= 0.6 is 0 Å². The van der Waals surface area contributed by atoms with E-state index in [4.69, 9.17) is 0 Å². The first-order valence-corrected chi connectivity index (χ1v) is 5.28. The summed E-state index contributed by atoms with van der Waals surface area (Å²) < 4.78 is 28.5. The Kier molecular flexibility index (Phi) is 2.88. The Labute approximate surface area is 98.6 Å². The summed E-state index contributed by atoms with van der Waals surface area (Å²) in [4.78, 5) is 3.23. The fraction of sp³-hybridized carbons (Fsp3) is 0.231. The molecular weight excluding hydrogens is 222 g/mol. The summed E-state index contributed by atoms with van der Waals surface area (Å²) in [6.07, 6.45) is 1.84. The van der Waals surface area contributed by atoms with E-state index in [2.05, 4.69) is 4.98 Å². The van der Waals surface area contributed by atoms with Crippen molar-refractivity contribution in [3.63, 3.8) is 0 Å². The van der Waals surface area contributed by atoms with Crippen LogP contribution in [0.4, 0.5) is 8.78 Å². The van der Waals surface area contributed by atoms with Crippen LogP contribution in [-0.2, 0) is 7.05 Å². The molecule has 0 spiro atoms. The van der Waals surface area contributed by atoms with E-state index in [1.165, 1.54) is 6.07 Å². The van der Waals surface area contributed by atoms with Gasteiger partial charge >= 0.3 is 0 Å². The van der Waals surface area contributed by atoms with Crippen molar-refractivity contribution >= 4 is 0 Å². The number of nitrogens with zero attached hydrogens (tertiary/aromatic N) is 2. The number of halogens is 2. The van der Waals surface area contributed by atoms with Gasteiger partial charge in [-0.15, -0.1) is 0 Å². The smallest absolute Gasteiger partial charge is 0.201 e. The Hall–Kier alpha value is -1.84. The van der Waals surface area contributed by atoms with Gasteiger partial charge in [-0.3, -0.25) is 0 Å². The van der Waals surface area contributed by atoms with Gasteiger partial charge in [-0.2, -0.15) is 13.8 Å². The SMILES string of the molecule is Cc1cc[n+](C)c(-c2c(C)cc(F)nc2F)c1. The molecule has 0 saturated heterocycles. The highest BCUT2D eigenvalue weighted by atomic mass is 19.1. The molecule has 0 atom stereocenters. The van der Waals surface area contributed by atoms with Crippen LogP contribution in [0.3, 0.4) is 0 Å². The number of aryl methyl sites for hydroxylation is 3. The first-order valence-electron chi connectivity index (χ1n) is 5.28. The largest absolute Gasteiger partial charge is 0.229 e. The van der Waals surface area contributed by atoms with Crippen molar-refractivity contribution in [2.75, 3.05) is 0 Å². The van der Waals surface area contributed by atoms with Gasteiger partial charge in [0.1, 0.15) is 12.6 Å². The molecule has 2 nitrogen and oxygen atoms in total. The zero-order valence-corrected chi connectivity index (χ0v) is 9.96. The maximum Gasteiger partial charge on any atom is 0.229 e. The third kappa shape index (κ3) is 2.16. The fourth-order valence-corrected chi connectivity index (χ4v) is 1.83. The van der Waals surface area contributed by atoms with Crippen LogP contribution in [0.2, 0.25) is 0 Å². The molecule has 2 heterocycles. The van der Waals surface area contributed by atoms with Crippen molar-refractivity contribution in [1.29, 1.82) is 0 Å². The van der Waals surface area contributed by atoms with Gasteiger partial charge in [0.25, 0.3) is 0 Å². The zero-order valence-electron chi connectivity index (χ0n) is 9.96. The Morgan fingerprint density at radius 3 is 2.53 bits per heavy atom. The molecule has 2 aromatic heterocycles. The number of hydrogen-bond donors (Lipinski definition) is 0. The minimum atomic E-state index is -0.793. The van der Waals surface area contributed by atoms with Crippen molar-refractivity contribution in [1.82, 2.24) is 4.98 Å².